The summed E-state index contributed by atoms with van der Waals surface area (Å²) in [4.78, 5) is 14.9. The van der Waals surface area contributed by atoms with Crippen LogP contribution in [0.2, 0.25) is 5.02 Å². The number of piperazine rings is 1. The number of halogens is 2. The monoisotopic (exact) mass is 377 g/mol. The van der Waals surface area contributed by atoms with Gasteiger partial charge in [0.25, 0.3) is 5.91 Å². The molecule has 2 aromatic carbocycles. The maximum atomic E-state index is 13.2. The zero-order valence-electron chi connectivity index (χ0n) is 14.9. The van der Waals surface area contributed by atoms with Gasteiger partial charge in [0.1, 0.15) is 38.0 Å². The average molecular weight is 378 g/mol. The highest BCUT2D eigenvalue weighted by atomic mass is 35.5. The van der Waals surface area contributed by atoms with E-state index in [-0.39, 0.29) is 11.7 Å². The Morgan fingerprint density at radius 1 is 1.15 bits per heavy atom. The molecule has 1 aliphatic heterocycles. The van der Waals surface area contributed by atoms with E-state index in [2.05, 4.69) is 18.3 Å². The number of nitrogens with one attached hydrogen (secondary N) is 3. The van der Waals surface area contributed by atoms with E-state index in [1.54, 1.807) is 12.1 Å². The third kappa shape index (κ3) is 4.81. The number of carbonyl (C=O) groups is 1. The average Bonchev–Trinajstić information content (AvgIpc) is 2.62. The predicted molar refractivity (Wildman–Crippen MR) is 101 cm³/mol. The van der Waals surface area contributed by atoms with Crippen molar-refractivity contribution in [1.29, 1.82) is 0 Å². The van der Waals surface area contributed by atoms with Crippen molar-refractivity contribution in [2.24, 2.45) is 0 Å². The molecular formula is C20H25ClFN3O+2. The Morgan fingerprint density at radius 3 is 2.58 bits per heavy atom. The number of rotatable bonds is 5. The van der Waals surface area contributed by atoms with E-state index < -0.39 is 0 Å². The number of hydrogen-bond donors (Lipinski definition) is 3. The van der Waals surface area contributed by atoms with E-state index in [4.69, 9.17) is 11.6 Å². The maximum Gasteiger partial charge on any atom is 0.279 e. The quantitative estimate of drug-likeness (QED) is 0.713. The first-order chi connectivity index (χ1) is 12.5. The van der Waals surface area contributed by atoms with Crippen LogP contribution in [0, 0.1) is 5.82 Å². The smallest absolute Gasteiger partial charge is 0.279 e. The fourth-order valence-corrected chi connectivity index (χ4v) is 3.88. The topological polar surface area (TPSA) is 38.0 Å². The summed E-state index contributed by atoms with van der Waals surface area (Å²) in [7, 11) is 0. The van der Waals surface area contributed by atoms with Crippen LogP contribution >= 0.6 is 11.6 Å². The first-order valence-electron chi connectivity index (χ1n) is 9.01. The Labute approximate surface area is 158 Å². The molecule has 0 bridgehead atoms. The van der Waals surface area contributed by atoms with Crippen LogP contribution in [0.5, 0.6) is 0 Å². The first kappa shape index (κ1) is 18.8. The van der Waals surface area contributed by atoms with E-state index in [0.29, 0.717) is 18.3 Å². The van der Waals surface area contributed by atoms with Gasteiger partial charge in [-0.3, -0.25) is 4.79 Å². The molecule has 4 nitrogen and oxygen atoms in total. The second kappa shape index (κ2) is 8.62. The van der Waals surface area contributed by atoms with Crippen molar-refractivity contribution < 1.29 is 19.0 Å². The summed E-state index contributed by atoms with van der Waals surface area (Å²) in [5.74, 6) is -0.422. The van der Waals surface area contributed by atoms with Gasteiger partial charge in [-0.25, -0.2) is 4.39 Å². The minimum atomic E-state index is -0.346. The van der Waals surface area contributed by atoms with Crippen molar-refractivity contribution in [3.8, 4) is 0 Å². The van der Waals surface area contributed by atoms with Crippen LogP contribution in [0.3, 0.4) is 0 Å². The Hall–Kier alpha value is -1.95. The lowest BCUT2D eigenvalue weighted by Gasteiger charge is -2.33. The molecule has 3 rings (SSSR count). The molecule has 0 aromatic heterocycles. The fraction of sp³-hybridized carbons (Fsp3) is 0.350. The molecule has 2 aromatic rings. The minimum Gasteiger partial charge on any atom is -0.321 e. The second-order valence-corrected chi connectivity index (χ2v) is 7.29. The molecule has 26 heavy (non-hydrogen) atoms. The van der Waals surface area contributed by atoms with Gasteiger partial charge in [-0.05, 0) is 31.2 Å². The molecule has 3 N–H and O–H groups in total. The standard InChI is InChI=1S/C20H23ClFN3O/c1-15(18-7-2-3-8-19(18)21)25-11-9-24(10-12-25)14-20(26)23-17-6-4-5-16(22)13-17/h2-8,13,15H,9-12,14H2,1H3,(H,23,26)/p+2/t15-/m1/s1. The second-order valence-electron chi connectivity index (χ2n) is 6.89. The number of hydrogen-bond acceptors (Lipinski definition) is 1. The number of quaternary nitrogens is 2. The highest BCUT2D eigenvalue weighted by molar-refractivity contribution is 6.31. The molecule has 1 amide bonds. The van der Waals surface area contributed by atoms with E-state index in [0.717, 1.165) is 31.2 Å². The normalized spacial score (nSPS) is 21.2. The van der Waals surface area contributed by atoms with Gasteiger partial charge in [0.15, 0.2) is 6.54 Å². The lowest BCUT2D eigenvalue weighted by molar-refractivity contribution is -1.02. The largest absolute Gasteiger partial charge is 0.321 e. The van der Waals surface area contributed by atoms with Crippen molar-refractivity contribution in [3.63, 3.8) is 0 Å². The van der Waals surface area contributed by atoms with Crippen LogP contribution in [-0.4, -0.2) is 38.6 Å². The molecule has 138 valence electrons. The van der Waals surface area contributed by atoms with E-state index in [1.165, 1.54) is 27.5 Å². The number of carbonyl (C=O) groups excluding carboxylic acids is 1. The minimum absolute atomic E-state index is 0.0757. The van der Waals surface area contributed by atoms with Crippen LogP contribution < -0.4 is 15.1 Å². The van der Waals surface area contributed by atoms with Gasteiger partial charge in [0.05, 0.1) is 0 Å². The van der Waals surface area contributed by atoms with Gasteiger partial charge in [0.2, 0.25) is 0 Å². The number of benzene rings is 2. The Morgan fingerprint density at radius 2 is 1.88 bits per heavy atom. The molecule has 1 heterocycles. The number of amides is 1. The molecule has 1 fully saturated rings. The van der Waals surface area contributed by atoms with Gasteiger partial charge in [-0.2, -0.15) is 0 Å². The summed E-state index contributed by atoms with van der Waals surface area (Å²) in [6.45, 7) is 6.47. The highest BCUT2D eigenvalue weighted by Crippen LogP contribution is 2.20. The van der Waals surface area contributed by atoms with Crippen molar-refractivity contribution in [3.05, 3.63) is 64.9 Å². The van der Waals surface area contributed by atoms with Crippen LogP contribution in [0.15, 0.2) is 48.5 Å². The van der Waals surface area contributed by atoms with Gasteiger partial charge in [-0.15, -0.1) is 0 Å². The third-order valence-corrected chi connectivity index (χ3v) is 5.45. The van der Waals surface area contributed by atoms with Crippen LogP contribution in [0.1, 0.15) is 18.5 Å². The van der Waals surface area contributed by atoms with Gasteiger partial charge < -0.3 is 15.1 Å². The molecule has 0 radical (unpaired) electrons. The third-order valence-electron chi connectivity index (χ3n) is 5.10. The molecule has 6 heteroatoms. The molecule has 0 aliphatic carbocycles. The Kier molecular flexibility index (Phi) is 6.25. The van der Waals surface area contributed by atoms with Crippen molar-refractivity contribution >= 4 is 23.2 Å². The number of anilines is 1. The summed E-state index contributed by atoms with van der Waals surface area (Å²) in [6.07, 6.45) is 0. The van der Waals surface area contributed by atoms with Gasteiger partial charge in [-0.1, -0.05) is 35.9 Å². The Balaban J connectivity index is 1.49. The lowest BCUT2D eigenvalue weighted by atomic mass is 10.1. The van der Waals surface area contributed by atoms with E-state index in [9.17, 15) is 9.18 Å². The first-order valence-corrected chi connectivity index (χ1v) is 9.38. The van der Waals surface area contributed by atoms with E-state index >= 15 is 0 Å². The molecular weight excluding hydrogens is 353 g/mol. The summed E-state index contributed by atoms with van der Waals surface area (Å²) in [5.41, 5.74) is 1.68. The van der Waals surface area contributed by atoms with Gasteiger partial charge in [0, 0.05) is 16.3 Å². The lowest BCUT2D eigenvalue weighted by Crippen LogP contribution is -3.28. The van der Waals surface area contributed by atoms with Crippen molar-refractivity contribution in [2.75, 3.05) is 38.0 Å². The Bertz CT molecular complexity index is 762. The molecule has 1 aliphatic rings. The zero-order valence-corrected chi connectivity index (χ0v) is 15.7. The van der Waals surface area contributed by atoms with Gasteiger partial charge >= 0.3 is 0 Å². The maximum absolute atomic E-state index is 13.2. The summed E-state index contributed by atoms with van der Waals surface area (Å²) in [5, 5.41) is 3.59. The van der Waals surface area contributed by atoms with Crippen molar-refractivity contribution in [1.82, 2.24) is 0 Å². The van der Waals surface area contributed by atoms with E-state index in [1.807, 2.05) is 18.2 Å². The summed E-state index contributed by atoms with van der Waals surface area (Å²) < 4.78 is 13.2. The van der Waals surface area contributed by atoms with Crippen molar-refractivity contribution in [2.45, 2.75) is 13.0 Å². The van der Waals surface area contributed by atoms with Crippen LogP contribution in [0.4, 0.5) is 10.1 Å². The van der Waals surface area contributed by atoms with Crippen LogP contribution in [-0.2, 0) is 4.79 Å². The SMILES string of the molecule is C[C@H](c1ccccc1Cl)[NH+]1CC[NH+](CC(=O)Nc2cccc(F)c2)CC1. The zero-order chi connectivity index (χ0) is 18.5. The molecule has 1 atom stereocenters. The summed E-state index contributed by atoms with van der Waals surface area (Å²) in [6, 6.07) is 14.3. The molecule has 0 spiro atoms. The molecule has 0 unspecified atom stereocenters. The van der Waals surface area contributed by atoms with Crippen LogP contribution in [0.25, 0.3) is 0 Å². The highest BCUT2D eigenvalue weighted by Gasteiger charge is 2.29. The summed E-state index contributed by atoms with van der Waals surface area (Å²) >= 11 is 6.33. The fourth-order valence-electron chi connectivity index (χ4n) is 3.58. The molecule has 0 saturated carbocycles. The predicted octanol–water partition coefficient (Wildman–Crippen LogP) is 0.962. The molecule has 1 saturated heterocycles.